The number of aliphatic hydroxyl groups excluding tert-OH is 1. The molecule has 0 radical (unpaired) electrons. The normalized spacial score (nSPS) is 13.3. The zero-order valence-corrected chi connectivity index (χ0v) is 19.1. The Balaban J connectivity index is 1.67. The molecule has 0 aromatic heterocycles. The van der Waals surface area contributed by atoms with Crippen LogP contribution in [0.25, 0.3) is 0 Å². The van der Waals surface area contributed by atoms with E-state index < -0.39 is 11.2 Å². The topological polar surface area (TPSA) is 181 Å². The second-order valence-corrected chi connectivity index (χ2v) is 7.73. The molecule has 0 saturated heterocycles. The lowest BCUT2D eigenvalue weighted by Gasteiger charge is -2.24. The lowest BCUT2D eigenvalue weighted by molar-refractivity contribution is -0.757. The van der Waals surface area contributed by atoms with E-state index in [0.29, 0.717) is 55.9 Å². The minimum atomic E-state index is -0.859. The van der Waals surface area contributed by atoms with Gasteiger partial charge in [0, 0.05) is 45.0 Å². The van der Waals surface area contributed by atoms with Crippen LogP contribution in [0.5, 0.6) is 5.75 Å². The van der Waals surface area contributed by atoms with E-state index in [0.717, 1.165) is 5.56 Å². The van der Waals surface area contributed by atoms with Crippen LogP contribution < -0.4 is 26.0 Å². The molecule has 13 nitrogen and oxygen atoms in total. The van der Waals surface area contributed by atoms with Gasteiger partial charge in [-0.25, -0.2) is 0 Å². The lowest BCUT2D eigenvalue weighted by atomic mass is 10.0. The minimum Gasteiger partial charge on any atom is -0.490 e. The fourth-order valence-electron chi connectivity index (χ4n) is 3.31. The van der Waals surface area contributed by atoms with Gasteiger partial charge in [-0.2, -0.15) is 0 Å². The van der Waals surface area contributed by atoms with Crippen molar-refractivity contribution in [3.05, 3.63) is 27.8 Å². The van der Waals surface area contributed by atoms with Crippen LogP contribution in [0.2, 0.25) is 0 Å². The highest BCUT2D eigenvalue weighted by atomic mass is 16.9. The van der Waals surface area contributed by atoms with Crippen molar-refractivity contribution in [2.75, 3.05) is 43.5 Å². The van der Waals surface area contributed by atoms with Crippen molar-refractivity contribution >= 4 is 29.1 Å². The Bertz CT molecular complexity index is 879. The van der Waals surface area contributed by atoms with Crippen LogP contribution in [0.4, 0.5) is 11.4 Å². The van der Waals surface area contributed by atoms with E-state index in [1.54, 1.807) is 12.1 Å². The largest absolute Gasteiger partial charge is 0.490 e. The molecule has 13 heteroatoms. The van der Waals surface area contributed by atoms with Gasteiger partial charge in [-0.3, -0.25) is 14.4 Å². The zero-order chi connectivity index (χ0) is 24.9. The van der Waals surface area contributed by atoms with Crippen molar-refractivity contribution in [3.63, 3.8) is 0 Å². The van der Waals surface area contributed by atoms with Crippen molar-refractivity contribution in [2.24, 2.45) is 0 Å². The van der Waals surface area contributed by atoms with Gasteiger partial charge >= 0.3 is 0 Å². The van der Waals surface area contributed by atoms with E-state index >= 15 is 0 Å². The van der Waals surface area contributed by atoms with E-state index in [2.05, 4.69) is 26.1 Å². The summed E-state index contributed by atoms with van der Waals surface area (Å²) in [5.74, 6) is -0.0301. The summed E-state index contributed by atoms with van der Waals surface area (Å²) in [6.45, 7) is 2.44. The molecule has 0 saturated carbocycles. The summed E-state index contributed by atoms with van der Waals surface area (Å²) in [7, 11) is 0. The third-order valence-electron chi connectivity index (χ3n) is 4.88. The molecule has 1 heterocycles. The predicted molar refractivity (Wildman–Crippen MR) is 122 cm³/mol. The Morgan fingerprint density at radius 1 is 1.26 bits per heavy atom. The molecule has 1 atom stereocenters. The summed E-state index contributed by atoms with van der Waals surface area (Å²) < 4.78 is 5.76. The molecule has 1 aromatic carbocycles. The van der Waals surface area contributed by atoms with Gasteiger partial charge < -0.3 is 35.9 Å². The van der Waals surface area contributed by atoms with Gasteiger partial charge in [0.05, 0.1) is 18.0 Å². The molecule has 34 heavy (non-hydrogen) atoms. The van der Waals surface area contributed by atoms with E-state index in [-0.39, 0.29) is 43.9 Å². The summed E-state index contributed by atoms with van der Waals surface area (Å²) in [5, 5.41) is 30.5. The summed E-state index contributed by atoms with van der Waals surface area (Å²) in [6.07, 6.45) is 1.12. The fraction of sp³-hybridized carbons (Fsp3) is 0.571. The number of benzene rings is 1. The minimum absolute atomic E-state index is 0.0193. The Kier molecular flexibility index (Phi) is 11.0. The fourth-order valence-corrected chi connectivity index (χ4v) is 3.31. The van der Waals surface area contributed by atoms with Crippen LogP contribution in [0.1, 0.15) is 38.2 Å². The Hall–Kier alpha value is -3.45. The molecule has 2 rings (SSSR count). The second-order valence-electron chi connectivity index (χ2n) is 7.73. The number of hydrogen-bond acceptors (Lipinski definition) is 9. The first-order valence-electron chi connectivity index (χ1n) is 11.0. The van der Waals surface area contributed by atoms with Crippen LogP contribution in [0.3, 0.4) is 0 Å². The molecular weight excluding hydrogens is 450 g/mol. The first-order valence-corrected chi connectivity index (χ1v) is 11.0. The molecule has 0 fully saturated rings. The van der Waals surface area contributed by atoms with Crippen molar-refractivity contribution in [3.8, 4) is 5.75 Å². The number of rotatable bonds is 15. The number of nitrogens with one attached hydrogen (secondary N) is 4. The van der Waals surface area contributed by atoms with E-state index in [9.17, 15) is 29.6 Å². The summed E-state index contributed by atoms with van der Waals surface area (Å²) >= 11 is 0. The first kappa shape index (κ1) is 26.8. The number of aliphatic hydroxyl groups is 1. The molecule has 0 bridgehead atoms. The monoisotopic (exact) mass is 481 g/mol. The van der Waals surface area contributed by atoms with Crippen molar-refractivity contribution < 1.29 is 34.2 Å². The number of nitrogens with zero attached hydrogens (tertiary/aromatic N) is 1. The van der Waals surface area contributed by atoms with Gasteiger partial charge in [0.15, 0.2) is 0 Å². The molecule has 0 spiro atoms. The van der Waals surface area contributed by atoms with Crippen LogP contribution >= 0.6 is 0 Å². The zero-order valence-electron chi connectivity index (χ0n) is 19.1. The molecule has 1 aromatic rings. The molecule has 188 valence electrons. The van der Waals surface area contributed by atoms with Crippen LogP contribution in [-0.4, -0.2) is 66.9 Å². The molecule has 5 N–H and O–H groups in total. The SMILES string of the molecule is CC(=O)Nc1ccc(OCC(O)CNCCNC(=O)CCCCO[N+](=O)[O-])c2c1NC(=O)CC2. The maximum Gasteiger partial charge on any atom is 0.294 e. The van der Waals surface area contributed by atoms with Crippen molar-refractivity contribution in [1.82, 2.24) is 10.6 Å². The number of carbonyl (C=O) groups excluding carboxylic acids is 3. The smallest absolute Gasteiger partial charge is 0.294 e. The number of hydrogen-bond donors (Lipinski definition) is 5. The standard InChI is InChI=1S/C21H31N5O8/c1-14(27)24-17-6-7-18(16-5-8-20(30)25-21(16)17)33-13-15(28)12-22-9-10-23-19(29)4-2-3-11-34-26(31)32/h6-7,15,22,28H,2-5,8-13H2,1H3,(H,23,29)(H,24,27)(H,25,30). The average Bonchev–Trinajstić information content (AvgIpc) is 2.77. The predicted octanol–water partition coefficient (Wildman–Crippen LogP) is 0.354. The summed E-state index contributed by atoms with van der Waals surface area (Å²) in [4.78, 5) is 49.1. The highest BCUT2D eigenvalue weighted by Crippen LogP contribution is 2.37. The van der Waals surface area contributed by atoms with E-state index in [1.807, 2.05) is 0 Å². The third kappa shape index (κ3) is 9.58. The number of amides is 3. The summed E-state index contributed by atoms with van der Waals surface area (Å²) in [5.41, 5.74) is 1.77. The van der Waals surface area contributed by atoms with Gasteiger partial charge in [-0.15, -0.1) is 10.1 Å². The van der Waals surface area contributed by atoms with Gasteiger partial charge in [-0.1, -0.05) is 0 Å². The quantitative estimate of drug-likeness (QED) is 0.134. The molecule has 0 aliphatic carbocycles. The highest BCUT2D eigenvalue weighted by molar-refractivity contribution is 6.02. The number of fused-ring (bicyclic) bond motifs is 1. The number of unbranched alkanes of at least 4 members (excludes halogenated alkanes) is 1. The van der Waals surface area contributed by atoms with Gasteiger partial charge in [0.25, 0.3) is 5.09 Å². The number of ether oxygens (including phenoxy) is 1. The molecule has 1 aliphatic rings. The van der Waals surface area contributed by atoms with Crippen molar-refractivity contribution in [2.45, 2.75) is 45.1 Å². The van der Waals surface area contributed by atoms with Crippen molar-refractivity contribution in [1.29, 1.82) is 0 Å². The first-order chi connectivity index (χ1) is 16.3. The van der Waals surface area contributed by atoms with Gasteiger partial charge in [0.2, 0.25) is 17.7 Å². The second kappa shape index (κ2) is 14.0. The molecule has 3 amide bonds. The maximum atomic E-state index is 11.8. The van der Waals surface area contributed by atoms with E-state index in [4.69, 9.17) is 4.74 Å². The molecule has 1 unspecified atom stereocenters. The third-order valence-corrected chi connectivity index (χ3v) is 4.88. The number of anilines is 2. The lowest BCUT2D eigenvalue weighted by Crippen LogP contribution is -2.37. The Labute approximate surface area is 196 Å². The highest BCUT2D eigenvalue weighted by Gasteiger charge is 2.22. The van der Waals surface area contributed by atoms with Crippen LogP contribution in [-0.2, 0) is 25.6 Å². The van der Waals surface area contributed by atoms with E-state index in [1.165, 1.54) is 6.92 Å². The average molecular weight is 482 g/mol. The Morgan fingerprint density at radius 2 is 2.06 bits per heavy atom. The number of carbonyl (C=O) groups is 3. The van der Waals surface area contributed by atoms with Crippen LogP contribution in [0.15, 0.2) is 12.1 Å². The summed E-state index contributed by atoms with van der Waals surface area (Å²) in [6, 6.07) is 3.34. The molecular formula is C21H31N5O8. The van der Waals surface area contributed by atoms with Gasteiger partial charge in [-0.05, 0) is 31.4 Å². The van der Waals surface area contributed by atoms with Crippen LogP contribution in [0, 0.1) is 10.1 Å². The maximum absolute atomic E-state index is 11.8. The van der Waals surface area contributed by atoms with Gasteiger partial charge in [0.1, 0.15) is 18.5 Å². The Morgan fingerprint density at radius 3 is 2.79 bits per heavy atom. The molecule has 1 aliphatic heterocycles.